The van der Waals surface area contributed by atoms with Crippen LogP contribution in [0.15, 0.2) is 66.9 Å². The maximum Gasteiger partial charge on any atom is 0.319 e. The van der Waals surface area contributed by atoms with Crippen molar-refractivity contribution < 1.29 is 9.53 Å². The first-order chi connectivity index (χ1) is 11.3. The lowest BCUT2D eigenvalue weighted by molar-refractivity contribution is -0.143. The van der Waals surface area contributed by atoms with E-state index in [9.17, 15) is 4.79 Å². The molecule has 0 amide bonds. The summed E-state index contributed by atoms with van der Waals surface area (Å²) in [7, 11) is 0. The van der Waals surface area contributed by atoms with Crippen LogP contribution in [-0.4, -0.2) is 22.5 Å². The van der Waals surface area contributed by atoms with Gasteiger partial charge in [0.05, 0.1) is 12.3 Å². The summed E-state index contributed by atoms with van der Waals surface area (Å²) < 4.78 is 5.24. The molecule has 1 aromatic heterocycles. The standard InChI is InChI=1S/C19H18N2O2/c1-2-23-19(22)17(14-9-5-3-6-10-14)16-13-20-18(21-16)15-11-7-4-8-12-15/h3-13,17H,2H2,1H3,(H,20,21). The molecule has 1 atom stereocenters. The summed E-state index contributed by atoms with van der Waals surface area (Å²) in [5, 5.41) is 0. The third-order valence-corrected chi connectivity index (χ3v) is 3.61. The molecule has 0 aliphatic carbocycles. The Bertz CT molecular complexity index is 766. The average Bonchev–Trinajstić information content (AvgIpc) is 3.07. The molecule has 0 fully saturated rings. The molecule has 0 bridgehead atoms. The number of carbonyl (C=O) groups is 1. The Hall–Kier alpha value is -2.88. The van der Waals surface area contributed by atoms with Gasteiger partial charge in [-0.2, -0.15) is 0 Å². The molecule has 2 aromatic carbocycles. The lowest BCUT2D eigenvalue weighted by Gasteiger charge is -2.14. The molecule has 4 nitrogen and oxygen atoms in total. The molecule has 0 saturated heterocycles. The van der Waals surface area contributed by atoms with Gasteiger partial charge in [0.25, 0.3) is 0 Å². The predicted molar refractivity (Wildman–Crippen MR) is 88.9 cm³/mol. The number of nitrogens with zero attached hydrogens (tertiary/aromatic N) is 1. The Morgan fingerprint density at radius 3 is 2.39 bits per heavy atom. The highest BCUT2D eigenvalue weighted by atomic mass is 16.5. The van der Waals surface area contributed by atoms with E-state index in [1.54, 1.807) is 6.20 Å². The molecule has 23 heavy (non-hydrogen) atoms. The van der Waals surface area contributed by atoms with Crippen LogP contribution < -0.4 is 0 Å². The fourth-order valence-electron chi connectivity index (χ4n) is 2.54. The molecule has 0 spiro atoms. The number of nitrogens with one attached hydrogen (secondary N) is 1. The maximum atomic E-state index is 12.4. The fraction of sp³-hybridized carbons (Fsp3) is 0.158. The summed E-state index contributed by atoms with van der Waals surface area (Å²) in [6, 6.07) is 19.4. The van der Waals surface area contributed by atoms with Crippen LogP contribution in [0.5, 0.6) is 0 Å². The number of ether oxygens (including phenoxy) is 1. The molecule has 0 aliphatic rings. The van der Waals surface area contributed by atoms with E-state index in [1.165, 1.54) is 0 Å². The SMILES string of the molecule is CCOC(=O)C(c1ccccc1)c1cnc(-c2ccccc2)[nH]1. The molecule has 0 saturated carbocycles. The number of rotatable bonds is 5. The minimum Gasteiger partial charge on any atom is -0.465 e. The second-order valence-electron chi connectivity index (χ2n) is 5.15. The zero-order valence-electron chi connectivity index (χ0n) is 12.9. The summed E-state index contributed by atoms with van der Waals surface area (Å²) >= 11 is 0. The lowest BCUT2D eigenvalue weighted by atomic mass is 9.96. The van der Waals surface area contributed by atoms with Crippen LogP contribution in [0.25, 0.3) is 11.4 Å². The van der Waals surface area contributed by atoms with Gasteiger partial charge in [-0.25, -0.2) is 4.98 Å². The fourth-order valence-corrected chi connectivity index (χ4v) is 2.54. The van der Waals surface area contributed by atoms with Gasteiger partial charge >= 0.3 is 5.97 Å². The molecular formula is C19H18N2O2. The Kier molecular flexibility index (Phi) is 4.52. The highest BCUT2D eigenvalue weighted by Crippen LogP contribution is 2.26. The second kappa shape index (κ2) is 6.92. The largest absolute Gasteiger partial charge is 0.465 e. The molecule has 0 aliphatic heterocycles. The minimum absolute atomic E-state index is 0.276. The predicted octanol–water partition coefficient (Wildman–Crippen LogP) is 3.77. The molecule has 3 rings (SSSR count). The van der Waals surface area contributed by atoms with Gasteiger partial charge in [0.1, 0.15) is 11.7 Å². The van der Waals surface area contributed by atoms with Crippen molar-refractivity contribution in [2.24, 2.45) is 0 Å². The first-order valence-corrected chi connectivity index (χ1v) is 7.61. The van der Waals surface area contributed by atoms with Gasteiger partial charge in [0.15, 0.2) is 0 Å². The van der Waals surface area contributed by atoms with E-state index in [0.717, 1.165) is 22.6 Å². The normalized spacial score (nSPS) is 11.9. The van der Waals surface area contributed by atoms with Crippen molar-refractivity contribution in [3.05, 3.63) is 78.1 Å². The number of hydrogen-bond acceptors (Lipinski definition) is 3. The van der Waals surface area contributed by atoms with Crippen molar-refractivity contribution in [3.63, 3.8) is 0 Å². The van der Waals surface area contributed by atoms with Crippen LogP contribution in [-0.2, 0) is 9.53 Å². The third kappa shape index (κ3) is 3.31. The van der Waals surface area contributed by atoms with Crippen molar-refractivity contribution >= 4 is 5.97 Å². The number of H-pyrrole nitrogens is 1. The third-order valence-electron chi connectivity index (χ3n) is 3.61. The van der Waals surface area contributed by atoms with Gasteiger partial charge in [-0.15, -0.1) is 0 Å². The highest BCUT2D eigenvalue weighted by molar-refractivity contribution is 5.81. The zero-order valence-corrected chi connectivity index (χ0v) is 12.9. The van der Waals surface area contributed by atoms with E-state index in [4.69, 9.17) is 4.74 Å². The van der Waals surface area contributed by atoms with E-state index in [1.807, 2.05) is 67.6 Å². The quantitative estimate of drug-likeness (QED) is 0.730. The summed E-state index contributed by atoms with van der Waals surface area (Å²) in [5.74, 6) is -0.0334. The van der Waals surface area contributed by atoms with Crippen molar-refractivity contribution in [2.75, 3.05) is 6.61 Å². The summed E-state index contributed by atoms with van der Waals surface area (Å²) in [6.45, 7) is 2.16. The molecule has 1 unspecified atom stereocenters. The first kappa shape index (κ1) is 15.0. The number of imidazole rings is 1. The Labute approximate surface area is 135 Å². The van der Waals surface area contributed by atoms with E-state index >= 15 is 0 Å². The molecule has 0 radical (unpaired) electrons. The van der Waals surface area contributed by atoms with Crippen LogP contribution in [0.2, 0.25) is 0 Å². The lowest BCUT2D eigenvalue weighted by Crippen LogP contribution is -2.17. The van der Waals surface area contributed by atoms with E-state index in [-0.39, 0.29) is 5.97 Å². The molecule has 1 N–H and O–H groups in total. The number of carbonyl (C=O) groups excluding carboxylic acids is 1. The van der Waals surface area contributed by atoms with Gasteiger partial charge in [0, 0.05) is 11.8 Å². The van der Waals surface area contributed by atoms with Gasteiger partial charge in [-0.05, 0) is 12.5 Å². The smallest absolute Gasteiger partial charge is 0.319 e. The van der Waals surface area contributed by atoms with Gasteiger partial charge < -0.3 is 9.72 Å². The van der Waals surface area contributed by atoms with Crippen molar-refractivity contribution in [1.29, 1.82) is 0 Å². The molecule has 3 aromatic rings. The number of aromatic amines is 1. The highest BCUT2D eigenvalue weighted by Gasteiger charge is 2.26. The van der Waals surface area contributed by atoms with Gasteiger partial charge in [-0.1, -0.05) is 60.7 Å². The first-order valence-electron chi connectivity index (χ1n) is 7.61. The summed E-state index contributed by atoms with van der Waals surface area (Å²) in [4.78, 5) is 20.1. The van der Waals surface area contributed by atoms with Crippen LogP contribution in [0, 0.1) is 0 Å². The molecule has 4 heteroatoms. The van der Waals surface area contributed by atoms with Crippen molar-refractivity contribution in [1.82, 2.24) is 9.97 Å². The maximum absolute atomic E-state index is 12.4. The van der Waals surface area contributed by atoms with Crippen LogP contribution >= 0.6 is 0 Å². The van der Waals surface area contributed by atoms with Gasteiger partial charge in [-0.3, -0.25) is 4.79 Å². The van der Waals surface area contributed by atoms with E-state index < -0.39 is 5.92 Å². The molecule has 116 valence electrons. The second-order valence-corrected chi connectivity index (χ2v) is 5.15. The number of aromatic nitrogens is 2. The monoisotopic (exact) mass is 306 g/mol. The van der Waals surface area contributed by atoms with Crippen molar-refractivity contribution in [2.45, 2.75) is 12.8 Å². The summed E-state index contributed by atoms with van der Waals surface area (Å²) in [5.41, 5.74) is 2.59. The number of esters is 1. The number of benzene rings is 2. The molecular weight excluding hydrogens is 288 g/mol. The zero-order chi connectivity index (χ0) is 16.1. The van der Waals surface area contributed by atoms with E-state index in [0.29, 0.717) is 6.61 Å². The number of hydrogen-bond donors (Lipinski definition) is 1. The van der Waals surface area contributed by atoms with Crippen LogP contribution in [0.4, 0.5) is 0 Å². The van der Waals surface area contributed by atoms with E-state index in [2.05, 4.69) is 9.97 Å². The minimum atomic E-state index is -0.499. The topological polar surface area (TPSA) is 55.0 Å². The average molecular weight is 306 g/mol. The van der Waals surface area contributed by atoms with Crippen LogP contribution in [0.3, 0.4) is 0 Å². The Balaban J connectivity index is 1.98. The van der Waals surface area contributed by atoms with Crippen LogP contribution in [0.1, 0.15) is 24.1 Å². The van der Waals surface area contributed by atoms with Crippen molar-refractivity contribution in [3.8, 4) is 11.4 Å². The Morgan fingerprint density at radius 1 is 1.09 bits per heavy atom. The Morgan fingerprint density at radius 2 is 1.74 bits per heavy atom. The van der Waals surface area contributed by atoms with Gasteiger partial charge in [0.2, 0.25) is 0 Å². The summed E-state index contributed by atoms with van der Waals surface area (Å²) in [6.07, 6.45) is 1.71. The molecule has 1 heterocycles.